The molecule has 2 N–H and O–H groups in total. The molecule has 0 saturated heterocycles. The molecule has 3 aliphatic rings. The molecule has 1 unspecified atom stereocenters. The lowest BCUT2D eigenvalue weighted by molar-refractivity contribution is 0.0316. The van der Waals surface area contributed by atoms with Crippen LogP contribution in [0.15, 0.2) is 24.3 Å². The van der Waals surface area contributed by atoms with Crippen molar-refractivity contribution >= 4 is 0 Å². The summed E-state index contributed by atoms with van der Waals surface area (Å²) in [5.41, 5.74) is 1.39. The van der Waals surface area contributed by atoms with Gasteiger partial charge in [-0.3, -0.25) is 0 Å². The lowest BCUT2D eigenvalue weighted by Crippen LogP contribution is -2.45. The largest absolute Gasteiger partial charge is 0.487 e. The van der Waals surface area contributed by atoms with Crippen LogP contribution < -0.4 is 10.1 Å². The molecule has 3 heteroatoms. The molecule has 1 heterocycles. The first-order valence-electron chi connectivity index (χ1n) is 8.96. The van der Waals surface area contributed by atoms with Crippen LogP contribution in [0.25, 0.3) is 0 Å². The Hall–Kier alpha value is -1.06. The van der Waals surface area contributed by atoms with Crippen LogP contribution in [0.1, 0.15) is 69.4 Å². The summed E-state index contributed by atoms with van der Waals surface area (Å²) in [4.78, 5) is 0. The zero-order valence-electron chi connectivity index (χ0n) is 13.3. The normalized spacial score (nSPS) is 33.4. The van der Waals surface area contributed by atoms with Crippen molar-refractivity contribution in [2.24, 2.45) is 0 Å². The van der Waals surface area contributed by atoms with E-state index >= 15 is 0 Å². The van der Waals surface area contributed by atoms with Crippen LogP contribution >= 0.6 is 0 Å². The van der Waals surface area contributed by atoms with Crippen LogP contribution in [0.3, 0.4) is 0 Å². The first kappa shape index (κ1) is 14.5. The molecule has 2 aliphatic carbocycles. The predicted octanol–water partition coefficient (Wildman–Crippen LogP) is 3.72. The van der Waals surface area contributed by atoms with E-state index in [9.17, 15) is 5.11 Å². The van der Waals surface area contributed by atoms with Crippen molar-refractivity contribution in [1.82, 2.24) is 5.32 Å². The molecule has 0 radical (unpaired) electrons. The van der Waals surface area contributed by atoms with Gasteiger partial charge in [-0.25, -0.2) is 0 Å². The van der Waals surface area contributed by atoms with E-state index in [2.05, 4.69) is 29.6 Å². The fourth-order valence-corrected chi connectivity index (χ4v) is 4.62. The van der Waals surface area contributed by atoms with Crippen LogP contribution in [0.4, 0.5) is 0 Å². The SMILES string of the molecule is OC1CCC(NC2CC3(CCCC3)Oc3ccccc32)CC1. The molecule has 0 amide bonds. The van der Waals surface area contributed by atoms with Crippen molar-refractivity contribution in [3.05, 3.63) is 29.8 Å². The van der Waals surface area contributed by atoms with Crippen LogP contribution in [0.2, 0.25) is 0 Å². The summed E-state index contributed by atoms with van der Waals surface area (Å²) in [5.74, 6) is 1.09. The van der Waals surface area contributed by atoms with Gasteiger partial charge in [0.25, 0.3) is 0 Å². The van der Waals surface area contributed by atoms with Crippen LogP contribution in [-0.2, 0) is 0 Å². The Morgan fingerprint density at radius 1 is 1.05 bits per heavy atom. The minimum atomic E-state index is -0.0822. The number of fused-ring (bicyclic) bond motifs is 1. The quantitative estimate of drug-likeness (QED) is 0.875. The second-order valence-corrected chi connectivity index (χ2v) is 7.46. The Kier molecular flexibility index (Phi) is 3.87. The van der Waals surface area contributed by atoms with Gasteiger partial charge in [-0.15, -0.1) is 0 Å². The molecule has 1 atom stereocenters. The standard InChI is InChI=1S/C19H27NO2/c21-15-9-7-14(8-10-15)20-17-13-19(11-3-4-12-19)22-18-6-2-1-5-16(17)18/h1-2,5-6,14-15,17,20-21H,3-4,7-13H2. The Morgan fingerprint density at radius 3 is 2.55 bits per heavy atom. The summed E-state index contributed by atoms with van der Waals surface area (Å²) in [6.45, 7) is 0. The number of nitrogens with one attached hydrogen (secondary N) is 1. The summed E-state index contributed by atoms with van der Waals surface area (Å²) >= 11 is 0. The number of hydrogen-bond acceptors (Lipinski definition) is 3. The molecule has 2 saturated carbocycles. The summed E-state index contributed by atoms with van der Waals surface area (Å²) in [7, 11) is 0. The molecular weight excluding hydrogens is 274 g/mol. The number of rotatable bonds is 2. The fraction of sp³-hybridized carbons (Fsp3) is 0.684. The van der Waals surface area contributed by atoms with Gasteiger partial charge in [0.1, 0.15) is 11.4 Å². The molecule has 120 valence electrons. The fourth-order valence-electron chi connectivity index (χ4n) is 4.62. The average molecular weight is 301 g/mol. The monoisotopic (exact) mass is 301 g/mol. The highest BCUT2D eigenvalue weighted by atomic mass is 16.5. The molecule has 1 aromatic carbocycles. The van der Waals surface area contributed by atoms with Gasteiger partial charge >= 0.3 is 0 Å². The number of hydrogen-bond donors (Lipinski definition) is 2. The van der Waals surface area contributed by atoms with Crippen molar-refractivity contribution in [2.75, 3.05) is 0 Å². The lowest BCUT2D eigenvalue weighted by Gasteiger charge is -2.42. The van der Waals surface area contributed by atoms with E-state index in [-0.39, 0.29) is 11.7 Å². The second-order valence-electron chi connectivity index (χ2n) is 7.46. The Balaban J connectivity index is 1.54. The molecule has 1 aromatic rings. The van der Waals surface area contributed by atoms with Crippen LogP contribution in [0.5, 0.6) is 5.75 Å². The van der Waals surface area contributed by atoms with Gasteiger partial charge in [-0.2, -0.15) is 0 Å². The molecule has 1 aliphatic heterocycles. The molecule has 4 rings (SSSR count). The van der Waals surface area contributed by atoms with Gasteiger partial charge in [-0.05, 0) is 57.4 Å². The Morgan fingerprint density at radius 2 is 1.77 bits per heavy atom. The van der Waals surface area contributed by atoms with Gasteiger partial charge in [0.05, 0.1) is 6.10 Å². The van der Waals surface area contributed by atoms with E-state index in [0.717, 1.165) is 37.9 Å². The van der Waals surface area contributed by atoms with Gasteiger partial charge < -0.3 is 15.2 Å². The molecule has 0 aromatic heterocycles. The number of aliphatic hydroxyl groups excluding tert-OH is 1. The molecule has 2 fully saturated rings. The Labute approximate surface area is 133 Å². The molecule has 3 nitrogen and oxygen atoms in total. The minimum Gasteiger partial charge on any atom is -0.487 e. The maximum Gasteiger partial charge on any atom is 0.124 e. The highest BCUT2D eigenvalue weighted by Gasteiger charge is 2.43. The predicted molar refractivity (Wildman–Crippen MR) is 87.0 cm³/mol. The summed E-state index contributed by atoms with van der Waals surface area (Å²) in [5, 5.41) is 13.6. The van der Waals surface area contributed by atoms with Crippen LogP contribution in [0, 0.1) is 0 Å². The van der Waals surface area contributed by atoms with E-state index < -0.39 is 0 Å². The number of para-hydroxylation sites is 1. The maximum absolute atomic E-state index is 9.71. The maximum atomic E-state index is 9.71. The van der Waals surface area contributed by atoms with Crippen molar-refractivity contribution in [2.45, 2.75) is 81.6 Å². The molecule has 0 bridgehead atoms. The van der Waals surface area contributed by atoms with Gasteiger partial charge in [-0.1, -0.05) is 18.2 Å². The first-order chi connectivity index (χ1) is 10.7. The minimum absolute atomic E-state index is 0.0696. The molecule has 1 spiro atoms. The van der Waals surface area contributed by atoms with Gasteiger partial charge in [0, 0.05) is 24.1 Å². The van der Waals surface area contributed by atoms with E-state index in [1.807, 2.05) is 0 Å². The second kappa shape index (κ2) is 5.86. The lowest BCUT2D eigenvalue weighted by atomic mass is 9.84. The zero-order chi connectivity index (χ0) is 15.0. The van der Waals surface area contributed by atoms with Gasteiger partial charge in [0.15, 0.2) is 0 Å². The van der Waals surface area contributed by atoms with Crippen molar-refractivity contribution in [1.29, 1.82) is 0 Å². The number of ether oxygens (including phenoxy) is 1. The molecular formula is C19H27NO2. The van der Waals surface area contributed by atoms with Crippen molar-refractivity contribution in [3.8, 4) is 5.75 Å². The average Bonchev–Trinajstić information content (AvgIpc) is 2.97. The zero-order valence-corrected chi connectivity index (χ0v) is 13.3. The van der Waals surface area contributed by atoms with Gasteiger partial charge in [0.2, 0.25) is 0 Å². The van der Waals surface area contributed by atoms with E-state index in [1.54, 1.807) is 0 Å². The van der Waals surface area contributed by atoms with E-state index in [4.69, 9.17) is 4.74 Å². The van der Waals surface area contributed by atoms with Crippen molar-refractivity contribution in [3.63, 3.8) is 0 Å². The summed E-state index contributed by atoms with van der Waals surface area (Å²) in [6.07, 6.45) is 10.1. The third kappa shape index (κ3) is 2.77. The third-order valence-corrected chi connectivity index (χ3v) is 5.85. The number of benzene rings is 1. The van der Waals surface area contributed by atoms with E-state index in [0.29, 0.717) is 12.1 Å². The van der Waals surface area contributed by atoms with E-state index in [1.165, 1.54) is 31.2 Å². The molecule has 22 heavy (non-hydrogen) atoms. The first-order valence-corrected chi connectivity index (χ1v) is 8.96. The highest BCUT2D eigenvalue weighted by molar-refractivity contribution is 5.39. The Bertz CT molecular complexity index is 516. The smallest absolute Gasteiger partial charge is 0.124 e. The van der Waals surface area contributed by atoms with Crippen LogP contribution in [-0.4, -0.2) is 22.9 Å². The highest BCUT2D eigenvalue weighted by Crippen LogP contribution is 2.47. The summed E-state index contributed by atoms with van der Waals surface area (Å²) in [6, 6.07) is 9.50. The summed E-state index contributed by atoms with van der Waals surface area (Å²) < 4.78 is 6.44. The topological polar surface area (TPSA) is 41.5 Å². The third-order valence-electron chi connectivity index (χ3n) is 5.85. The van der Waals surface area contributed by atoms with Crippen molar-refractivity contribution < 1.29 is 9.84 Å². The number of aliphatic hydroxyl groups is 1.